The molecule has 0 saturated carbocycles. The standard InChI is InChI=1S/C20H17Cl2N5O3/c1-10-6-7-12(8-14(10)22)27-19(29)17-18(20(27)30)26(25-24-17)9-16(28)23-15-5-3-4-13(21)11(15)2/h3-8,17-18H,9H2,1-2H3,(H,23,28)/t17-,18-/m0/s1. The predicted molar refractivity (Wildman–Crippen MR) is 113 cm³/mol. The molecule has 10 heteroatoms. The Morgan fingerprint density at radius 1 is 1.10 bits per heavy atom. The smallest absolute Gasteiger partial charge is 0.263 e. The fourth-order valence-corrected chi connectivity index (χ4v) is 3.76. The highest BCUT2D eigenvalue weighted by Gasteiger charge is 2.55. The zero-order chi connectivity index (χ0) is 21.6. The number of aryl methyl sites for hydroxylation is 1. The molecule has 154 valence electrons. The Morgan fingerprint density at radius 2 is 1.87 bits per heavy atom. The average molecular weight is 446 g/mol. The molecule has 2 aromatic rings. The first-order chi connectivity index (χ1) is 14.3. The van der Waals surface area contributed by atoms with Crippen molar-refractivity contribution in [2.45, 2.75) is 25.9 Å². The molecular weight excluding hydrogens is 429 g/mol. The highest BCUT2D eigenvalue weighted by molar-refractivity contribution is 6.32. The number of rotatable bonds is 4. The molecule has 0 aliphatic carbocycles. The van der Waals surface area contributed by atoms with Gasteiger partial charge in [-0.2, -0.15) is 5.11 Å². The number of nitrogens with one attached hydrogen (secondary N) is 1. The number of halogens is 2. The van der Waals surface area contributed by atoms with E-state index in [1.54, 1.807) is 43.3 Å². The lowest BCUT2D eigenvalue weighted by Crippen LogP contribution is -2.43. The fraction of sp³-hybridized carbons (Fsp3) is 0.250. The van der Waals surface area contributed by atoms with E-state index in [-0.39, 0.29) is 6.54 Å². The van der Waals surface area contributed by atoms with Gasteiger partial charge >= 0.3 is 0 Å². The quantitative estimate of drug-likeness (QED) is 0.727. The number of nitrogens with zero attached hydrogens (tertiary/aromatic N) is 4. The van der Waals surface area contributed by atoms with E-state index in [2.05, 4.69) is 15.7 Å². The van der Waals surface area contributed by atoms with Crippen LogP contribution in [-0.4, -0.2) is 41.4 Å². The van der Waals surface area contributed by atoms with E-state index < -0.39 is 29.8 Å². The third-order valence-corrected chi connectivity index (χ3v) is 5.94. The number of amides is 3. The lowest BCUT2D eigenvalue weighted by molar-refractivity contribution is -0.123. The van der Waals surface area contributed by atoms with Gasteiger partial charge < -0.3 is 5.32 Å². The lowest BCUT2D eigenvalue weighted by Gasteiger charge is -2.20. The summed E-state index contributed by atoms with van der Waals surface area (Å²) >= 11 is 12.2. The molecule has 4 rings (SSSR count). The maximum absolute atomic E-state index is 13.0. The Morgan fingerprint density at radius 3 is 2.60 bits per heavy atom. The van der Waals surface area contributed by atoms with Crippen molar-refractivity contribution in [1.82, 2.24) is 5.01 Å². The maximum atomic E-state index is 13.0. The van der Waals surface area contributed by atoms with Crippen molar-refractivity contribution in [3.8, 4) is 0 Å². The van der Waals surface area contributed by atoms with Gasteiger partial charge in [0.1, 0.15) is 6.54 Å². The first-order valence-electron chi connectivity index (χ1n) is 9.14. The van der Waals surface area contributed by atoms with E-state index >= 15 is 0 Å². The maximum Gasteiger partial charge on any atom is 0.263 e. The van der Waals surface area contributed by atoms with Crippen molar-refractivity contribution in [2.75, 3.05) is 16.8 Å². The topological polar surface area (TPSA) is 94.4 Å². The Hall–Kier alpha value is -2.97. The lowest BCUT2D eigenvalue weighted by atomic mass is 10.1. The summed E-state index contributed by atoms with van der Waals surface area (Å²) in [5.41, 5.74) is 2.48. The van der Waals surface area contributed by atoms with E-state index in [0.717, 1.165) is 16.0 Å². The van der Waals surface area contributed by atoms with Crippen LogP contribution >= 0.6 is 23.2 Å². The summed E-state index contributed by atoms with van der Waals surface area (Å²) in [5, 5.41) is 12.8. The Balaban J connectivity index is 1.51. The summed E-state index contributed by atoms with van der Waals surface area (Å²) in [7, 11) is 0. The minimum atomic E-state index is -0.988. The second kappa shape index (κ2) is 7.70. The van der Waals surface area contributed by atoms with Crippen molar-refractivity contribution in [1.29, 1.82) is 0 Å². The number of hydrogen-bond acceptors (Lipinski definition) is 6. The number of carbonyl (C=O) groups is 3. The molecule has 0 spiro atoms. The number of imide groups is 1. The third-order valence-electron chi connectivity index (χ3n) is 5.12. The van der Waals surface area contributed by atoms with Gasteiger partial charge in [-0.1, -0.05) is 40.6 Å². The molecule has 0 aromatic heterocycles. The number of benzene rings is 2. The largest absolute Gasteiger partial charge is 0.324 e. The average Bonchev–Trinajstić information content (AvgIpc) is 3.21. The highest BCUT2D eigenvalue weighted by atomic mass is 35.5. The minimum Gasteiger partial charge on any atom is -0.324 e. The van der Waals surface area contributed by atoms with Crippen molar-refractivity contribution in [2.24, 2.45) is 10.3 Å². The molecule has 0 unspecified atom stereocenters. The minimum absolute atomic E-state index is 0.238. The monoisotopic (exact) mass is 445 g/mol. The number of hydrogen-bond donors (Lipinski definition) is 1. The number of fused-ring (bicyclic) bond motifs is 1. The van der Waals surface area contributed by atoms with Crippen LogP contribution in [0.3, 0.4) is 0 Å². The zero-order valence-corrected chi connectivity index (χ0v) is 17.6. The molecule has 8 nitrogen and oxygen atoms in total. The van der Waals surface area contributed by atoms with Crippen LogP contribution < -0.4 is 10.2 Å². The number of carbonyl (C=O) groups excluding carboxylic acids is 3. The molecular formula is C20H17Cl2N5O3. The molecule has 0 bridgehead atoms. The van der Waals surface area contributed by atoms with E-state index in [1.807, 2.05) is 6.92 Å². The van der Waals surface area contributed by atoms with Crippen LogP contribution in [0.4, 0.5) is 11.4 Å². The summed E-state index contributed by atoms with van der Waals surface area (Å²) in [6.07, 6.45) is 0. The van der Waals surface area contributed by atoms with Gasteiger partial charge in [-0.05, 0) is 49.2 Å². The van der Waals surface area contributed by atoms with Crippen molar-refractivity contribution in [3.63, 3.8) is 0 Å². The summed E-state index contributed by atoms with van der Waals surface area (Å²) in [6.45, 7) is 3.37. The molecule has 0 radical (unpaired) electrons. The molecule has 1 fully saturated rings. The van der Waals surface area contributed by atoms with Crippen molar-refractivity contribution < 1.29 is 14.4 Å². The van der Waals surface area contributed by atoms with Crippen LogP contribution in [0.15, 0.2) is 46.7 Å². The van der Waals surface area contributed by atoms with Crippen molar-refractivity contribution >= 4 is 52.3 Å². The summed E-state index contributed by atoms with van der Waals surface area (Å²) in [6, 6.07) is 8.15. The molecule has 1 N–H and O–H groups in total. The molecule has 2 aliphatic rings. The Kier molecular flexibility index (Phi) is 5.21. The van der Waals surface area contributed by atoms with E-state index in [0.29, 0.717) is 21.4 Å². The van der Waals surface area contributed by atoms with Crippen LogP contribution in [0, 0.1) is 13.8 Å². The second-order valence-corrected chi connectivity index (χ2v) is 7.91. The van der Waals surface area contributed by atoms with Crippen LogP contribution in [0.1, 0.15) is 11.1 Å². The summed E-state index contributed by atoms with van der Waals surface area (Å²) in [4.78, 5) is 39.3. The predicted octanol–water partition coefficient (Wildman–Crippen LogP) is 3.54. The second-order valence-electron chi connectivity index (χ2n) is 7.10. The zero-order valence-electron chi connectivity index (χ0n) is 16.1. The molecule has 30 heavy (non-hydrogen) atoms. The van der Waals surface area contributed by atoms with Gasteiger partial charge in [0.25, 0.3) is 11.8 Å². The highest BCUT2D eigenvalue weighted by Crippen LogP contribution is 2.33. The molecule has 2 heterocycles. The van der Waals surface area contributed by atoms with Gasteiger partial charge in [0.2, 0.25) is 5.91 Å². The first-order valence-corrected chi connectivity index (χ1v) is 9.90. The fourth-order valence-electron chi connectivity index (χ4n) is 3.41. The summed E-state index contributed by atoms with van der Waals surface area (Å²) < 4.78 is 0. The van der Waals surface area contributed by atoms with Gasteiger partial charge in [0.05, 0.1) is 5.69 Å². The molecule has 1 saturated heterocycles. The van der Waals surface area contributed by atoms with E-state index in [4.69, 9.17) is 23.2 Å². The van der Waals surface area contributed by atoms with Crippen molar-refractivity contribution in [3.05, 3.63) is 57.6 Å². The first kappa shape index (κ1) is 20.3. The molecule has 2 atom stereocenters. The molecule has 2 aromatic carbocycles. The Bertz CT molecular complexity index is 1100. The SMILES string of the molecule is Cc1ccc(N2C(=O)[C@H]3N=NN(CC(=O)Nc4cccc(Cl)c4C)[C@@H]3C2=O)cc1Cl. The van der Waals surface area contributed by atoms with E-state index in [9.17, 15) is 14.4 Å². The van der Waals surface area contributed by atoms with Gasteiger partial charge in [-0.15, -0.1) is 0 Å². The van der Waals surface area contributed by atoms with Gasteiger partial charge in [0.15, 0.2) is 12.1 Å². The molecule has 2 aliphatic heterocycles. The van der Waals surface area contributed by atoms with Crippen LogP contribution in [0.5, 0.6) is 0 Å². The van der Waals surface area contributed by atoms with Crippen LogP contribution in [0.25, 0.3) is 0 Å². The van der Waals surface area contributed by atoms with E-state index in [1.165, 1.54) is 5.01 Å². The van der Waals surface area contributed by atoms with Crippen LogP contribution in [-0.2, 0) is 14.4 Å². The Labute approximate surface area is 182 Å². The number of anilines is 2. The third kappa shape index (κ3) is 3.42. The van der Waals surface area contributed by atoms with Gasteiger partial charge in [-0.25, -0.2) is 4.90 Å². The van der Waals surface area contributed by atoms with Gasteiger partial charge in [0, 0.05) is 15.7 Å². The normalized spacial score (nSPS) is 20.1. The van der Waals surface area contributed by atoms with Crippen LogP contribution in [0.2, 0.25) is 10.0 Å². The molecule has 3 amide bonds. The van der Waals surface area contributed by atoms with Gasteiger partial charge in [-0.3, -0.25) is 19.4 Å². The summed E-state index contributed by atoms with van der Waals surface area (Å²) in [5.74, 6) is -1.40.